The molecule has 5 nitrogen and oxygen atoms in total. The van der Waals surface area contributed by atoms with Gasteiger partial charge in [-0.2, -0.15) is 0 Å². The van der Waals surface area contributed by atoms with E-state index in [1.54, 1.807) is 12.2 Å². The monoisotopic (exact) mass is 359 g/mol. The number of ketones is 2. The summed E-state index contributed by atoms with van der Waals surface area (Å²) in [5.41, 5.74) is 4.29. The quantitative estimate of drug-likeness (QED) is 0.694. The minimum absolute atomic E-state index is 0.0141. The van der Waals surface area contributed by atoms with Crippen molar-refractivity contribution < 1.29 is 19.8 Å². The molecule has 0 aromatic rings. The smallest absolute Gasteiger partial charge is 0.178 e. The van der Waals surface area contributed by atoms with Gasteiger partial charge in [-0.3, -0.25) is 9.59 Å². The van der Waals surface area contributed by atoms with Gasteiger partial charge >= 0.3 is 0 Å². The molecule has 0 spiro atoms. The SMILES string of the molecule is C[C@]12C=CC(=O)C=C1CCC1C2C(O)C[C@@]2(C)C1CC[C@]2(O)C(=O)CN. The van der Waals surface area contributed by atoms with Crippen molar-refractivity contribution in [1.82, 2.24) is 0 Å². The molecular formula is C21H29NO4. The Morgan fingerprint density at radius 1 is 1.35 bits per heavy atom. The highest BCUT2D eigenvalue weighted by Gasteiger charge is 2.67. The summed E-state index contributed by atoms with van der Waals surface area (Å²) in [4.78, 5) is 24.3. The zero-order valence-electron chi connectivity index (χ0n) is 15.6. The molecule has 0 aromatic carbocycles. The second kappa shape index (κ2) is 5.60. The van der Waals surface area contributed by atoms with Gasteiger partial charge in [-0.15, -0.1) is 0 Å². The van der Waals surface area contributed by atoms with Crippen LogP contribution in [0, 0.1) is 28.6 Å². The maximum absolute atomic E-state index is 12.5. The Morgan fingerprint density at radius 3 is 2.77 bits per heavy atom. The van der Waals surface area contributed by atoms with Crippen LogP contribution in [-0.4, -0.2) is 40.0 Å². The molecule has 3 saturated carbocycles. The van der Waals surface area contributed by atoms with Crippen LogP contribution in [0.1, 0.15) is 46.0 Å². The summed E-state index contributed by atoms with van der Waals surface area (Å²) in [5.74, 6) is 0.137. The number of aliphatic hydroxyl groups is 2. The number of nitrogens with two attached hydrogens (primary N) is 1. The first-order valence-electron chi connectivity index (χ1n) is 9.75. The molecule has 5 heteroatoms. The van der Waals surface area contributed by atoms with Crippen LogP contribution in [0.3, 0.4) is 0 Å². The van der Waals surface area contributed by atoms with Gasteiger partial charge in [0.1, 0.15) is 5.60 Å². The highest BCUT2D eigenvalue weighted by Crippen LogP contribution is 2.66. The minimum atomic E-state index is -1.44. The van der Waals surface area contributed by atoms with E-state index in [1.165, 1.54) is 0 Å². The summed E-state index contributed by atoms with van der Waals surface area (Å²) in [6, 6.07) is 0. The molecule has 142 valence electrons. The summed E-state index contributed by atoms with van der Waals surface area (Å²) in [6.45, 7) is 3.92. The molecule has 3 fully saturated rings. The molecule has 0 bridgehead atoms. The third kappa shape index (κ3) is 2.08. The Balaban J connectivity index is 1.75. The van der Waals surface area contributed by atoms with Crippen molar-refractivity contribution in [3.63, 3.8) is 0 Å². The predicted octanol–water partition coefficient (Wildman–Crippen LogP) is 1.52. The molecule has 0 aromatic heterocycles. The van der Waals surface area contributed by atoms with Crippen molar-refractivity contribution in [2.45, 2.75) is 57.7 Å². The molecule has 0 radical (unpaired) electrons. The lowest BCUT2D eigenvalue weighted by molar-refractivity contribution is -0.175. The maximum atomic E-state index is 12.5. The molecule has 0 heterocycles. The van der Waals surface area contributed by atoms with Crippen molar-refractivity contribution in [3.8, 4) is 0 Å². The zero-order chi connectivity index (χ0) is 18.9. The van der Waals surface area contributed by atoms with Crippen LogP contribution >= 0.6 is 0 Å². The Morgan fingerprint density at radius 2 is 2.08 bits per heavy atom. The lowest BCUT2D eigenvalue weighted by Crippen LogP contribution is -2.62. The lowest BCUT2D eigenvalue weighted by atomic mass is 9.46. The zero-order valence-corrected chi connectivity index (χ0v) is 15.6. The maximum Gasteiger partial charge on any atom is 0.178 e. The number of carbonyl (C=O) groups excluding carboxylic acids is 2. The molecule has 4 N–H and O–H groups in total. The van der Waals surface area contributed by atoms with E-state index in [-0.39, 0.29) is 41.3 Å². The van der Waals surface area contributed by atoms with Crippen molar-refractivity contribution in [2.75, 3.05) is 6.54 Å². The average Bonchev–Trinajstić information content (AvgIpc) is 2.86. The predicted molar refractivity (Wildman–Crippen MR) is 97.0 cm³/mol. The highest BCUT2D eigenvalue weighted by atomic mass is 16.3. The topological polar surface area (TPSA) is 101 Å². The second-order valence-electron chi connectivity index (χ2n) is 9.24. The van der Waals surface area contributed by atoms with Gasteiger partial charge < -0.3 is 15.9 Å². The van der Waals surface area contributed by atoms with E-state index in [4.69, 9.17) is 5.73 Å². The van der Waals surface area contributed by atoms with Crippen molar-refractivity contribution >= 4 is 11.6 Å². The van der Waals surface area contributed by atoms with Crippen LogP contribution in [0.25, 0.3) is 0 Å². The molecule has 4 aliphatic carbocycles. The van der Waals surface area contributed by atoms with Gasteiger partial charge in [0.2, 0.25) is 0 Å². The number of hydrogen-bond acceptors (Lipinski definition) is 5. The first kappa shape index (κ1) is 18.1. The molecule has 0 aliphatic heterocycles. The fraction of sp³-hybridized carbons (Fsp3) is 0.714. The molecule has 4 unspecified atom stereocenters. The number of aliphatic hydroxyl groups excluding tert-OH is 1. The van der Waals surface area contributed by atoms with E-state index in [9.17, 15) is 19.8 Å². The van der Waals surface area contributed by atoms with Crippen LogP contribution in [0.2, 0.25) is 0 Å². The average molecular weight is 359 g/mol. The normalized spacial score (nSPS) is 49.9. The van der Waals surface area contributed by atoms with Crippen molar-refractivity contribution in [1.29, 1.82) is 0 Å². The van der Waals surface area contributed by atoms with E-state index >= 15 is 0 Å². The highest BCUT2D eigenvalue weighted by molar-refractivity contribution is 6.01. The largest absolute Gasteiger partial charge is 0.393 e. The van der Waals surface area contributed by atoms with Gasteiger partial charge in [0.25, 0.3) is 0 Å². The standard InChI is InChI=1S/C21H29NO4/c1-19-7-5-13(23)9-12(19)3-4-14-15-6-8-21(26,17(25)11-22)20(15,2)10-16(24)18(14)19/h5,7,9,14-16,18,24,26H,3-4,6,8,10-11,22H2,1-2H3/t14?,15?,16?,18?,19-,20-,21-/m0/s1. The molecule has 26 heavy (non-hydrogen) atoms. The summed E-state index contributed by atoms with van der Waals surface area (Å²) in [7, 11) is 0. The van der Waals surface area contributed by atoms with Crippen LogP contribution in [-0.2, 0) is 9.59 Å². The van der Waals surface area contributed by atoms with Crippen LogP contribution in [0.5, 0.6) is 0 Å². The molecular weight excluding hydrogens is 330 g/mol. The summed E-state index contributed by atoms with van der Waals surface area (Å²) < 4.78 is 0. The second-order valence-corrected chi connectivity index (χ2v) is 9.24. The Hall–Kier alpha value is -1.30. The van der Waals surface area contributed by atoms with E-state index < -0.39 is 17.1 Å². The first-order chi connectivity index (χ1) is 12.2. The third-order valence-corrected chi connectivity index (χ3v) is 8.29. The van der Waals surface area contributed by atoms with Gasteiger partial charge in [-0.05, 0) is 56.1 Å². The summed E-state index contributed by atoms with van der Waals surface area (Å²) in [6.07, 6.45) is 8.02. The van der Waals surface area contributed by atoms with E-state index in [1.807, 2.05) is 13.0 Å². The summed E-state index contributed by atoms with van der Waals surface area (Å²) >= 11 is 0. The number of carbonyl (C=O) groups is 2. The molecule has 7 atom stereocenters. The first-order valence-corrected chi connectivity index (χ1v) is 9.75. The number of rotatable bonds is 2. The van der Waals surface area contributed by atoms with E-state index in [2.05, 4.69) is 6.92 Å². The van der Waals surface area contributed by atoms with Crippen molar-refractivity contribution in [3.05, 3.63) is 23.8 Å². The van der Waals surface area contributed by atoms with Gasteiger partial charge in [-0.25, -0.2) is 0 Å². The minimum Gasteiger partial charge on any atom is -0.393 e. The van der Waals surface area contributed by atoms with Crippen LogP contribution in [0.4, 0.5) is 0 Å². The number of fused-ring (bicyclic) bond motifs is 5. The summed E-state index contributed by atoms with van der Waals surface area (Å²) in [5, 5.41) is 22.4. The van der Waals surface area contributed by atoms with Gasteiger partial charge in [0.15, 0.2) is 11.6 Å². The third-order valence-electron chi connectivity index (χ3n) is 8.29. The fourth-order valence-electron chi connectivity index (χ4n) is 6.96. The van der Waals surface area contributed by atoms with E-state index in [0.29, 0.717) is 12.8 Å². The van der Waals surface area contributed by atoms with Crippen LogP contribution < -0.4 is 5.73 Å². The van der Waals surface area contributed by atoms with E-state index in [0.717, 1.165) is 24.8 Å². The number of allylic oxidation sites excluding steroid dienone is 4. The molecule has 0 amide bonds. The van der Waals surface area contributed by atoms with Gasteiger partial charge in [-0.1, -0.05) is 25.5 Å². The van der Waals surface area contributed by atoms with Crippen LogP contribution in [0.15, 0.2) is 23.8 Å². The fourth-order valence-corrected chi connectivity index (χ4v) is 6.96. The number of hydrogen-bond donors (Lipinski definition) is 3. The lowest BCUT2D eigenvalue weighted by Gasteiger charge is -2.59. The molecule has 4 aliphatic rings. The Kier molecular flexibility index (Phi) is 3.89. The Labute approximate surface area is 154 Å². The Bertz CT molecular complexity index is 728. The van der Waals surface area contributed by atoms with Gasteiger partial charge in [0.05, 0.1) is 12.6 Å². The van der Waals surface area contributed by atoms with Crippen molar-refractivity contribution in [2.24, 2.45) is 34.3 Å². The molecule has 0 saturated heterocycles. The van der Waals surface area contributed by atoms with Gasteiger partial charge in [0, 0.05) is 16.7 Å². The number of Topliss-reactive ketones (excluding diaryl/α,β-unsaturated/α-hetero) is 1. The molecule has 4 rings (SSSR count).